The highest BCUT2D eigenvalue weighted by Crippen LogP contribution is 2.30. The van der Waals surface area contributed by atoms with Crippen molar-refractivity contribution >= 4 is 29.3 Å². The van der Waals surface area contributed by atoms with Crippen molar-refractivity contribution in [1.82, 2.24) is 0 Å². The molecule has 0 bridgehead atoms. The Morgan fingerprint density at radius 1 is 0.946 bits per heavy atom. The van der Waals surface area contributed by atoms with Crippen LogP contribution in [-0.4, -0.2) is 30.2 Å². The molecule has 0 aliphatic heterocycles. The number of nitrogen functional groups attached to an aromatic ring is 1. The number of anilines is 2. The van der Waals surface area contributed by atoms with Gasteiger partial charge in [0.2, 0.25) is 5.91 Å². The average molecular weight is 499 g/mol. The van der Waals surface area contributed by atoms with Crippen LogP contribution in [0, 0.1) is 5.92 Å². The van der Waals surface area contributed by atoms with Crippen LogP contribution in [-0.2, 0) is 20.9 Å². The molecule has 0 saturated heterocycles. The van der Waals surface area contributed by atoms with E-state index in [1.54, 1.807) is 6.08 Å². The maximum absolute atomic E-state index is 13.7. The van der Waals surface area contributed by atoms with Crippen LogP contribution in [0.4, 0.5) is 11.4 Å². The van der Waals surface area contributed by atoms with Crippen LogP contribution < -0.4 is 10.6 Å². The van der Waals surface area contributed by atoms with Crippen molar-refractivity contribution in [2.45, 2.75) is 38.6 Å². The molecule has 0 aromatic heterocycles. The fourth-order valence-electron chi connectivity index (χ4n) is 4.68. The van der Waals surface area contributed by atoms with Gasteiger partial charge in [-0.05, 0) is 65.4 Å². The van der Waals surface area contributed by atoms with Crippen molar-refractivity contribution in [3.05, 3.63) is 90.0 Å². The third-order valence-corrected chi connectivity index (χ3v) is 6.69. The number of esters is 1. The van der Waals surface area contributed by atoms with E-state index in [1.165, 1.54) is 12.5 Å². The van der Waals surface area contributed by atoms with Crippen molar-refractivity contribution < 1.29 is 19.4 Å². The first kappa shape index (κ1) is 26.2. The minimum Gasteiger partial charge on any atom is -0.460 e. The van der Waals surface area contributed by atoms with Crippen LogP contribution >= 0.6 is 0 Å². The Morgan fingerprint density at radius 3 is 2.30 bits per heavy atom. The minimum absolute atomic E-state index is 0.0236. The number of nitrogens with two attached hydrogens (primary N) is 1. The van der Waals surface area contributed by atoms with Crippen LogP contribution in [0.2, 0.25) is 0 Å². The largest absolute Gasteiger partial charge is 0.460 e. The van der Waals surface area contributed by atoms with Crippen LogP contribution in [0.5, 0.6) is 0 Å². The molecule has 0 spiro atoms. The molecule has 1 fully saturated rings. The highest BCUT2D eigenvalue weighted by Gasteiger charge is 2.27. The molecule has 0 heterocycles. The SMILES string of the molecule is Nc1ccc(-c2ccc(CN(C(=O)C3CCCCC3)c3cccc(/C=C/C(=O)OCCO)c3)cc2)cc1. The van der Waals surface area contributed by atoms with Crippen LogP contribution in [0.25, 0.3) is 17.2 Å². The fourth-order valence-corrected chi connectivity index (χ4v) is 4.68. The zero-order chi connectivity index (χ0) is 26.0. The molecule has 1 aliphatic carbocycles. The molecule has 3 aromatic carbocycles. The molecule has 1 amide bonds. The van der Waals surface area contributed by atoms with Crippen molar-refractivity contribution in [2.75, 3.05) is 23.8 Å². The van der Waals surface area contributed by atoms with E-state index in [0.29, 0.717) is 6.54 Å². The first-order valence-corrected chi connectivity index (χ1v) is 12.9. The summed E-state index contributed by atoms with van der Waals surface area (Å²) in [4.78, 5) is 27.4. The van der Waals surface area contributed by atoms with Crippen LogP contribution in [0.3, 0.4) is 0 Å². The number of carbonyl (C=O) groups is 2. The van der Waals surface area contributed by atoms with E-state index in [2.05, 4.69) is 24.3 Å². The van der Waals surface area contributed by atoms with Crippen molar-refractivity contribution in [3.63, 3.8) is 0 Å². The fraction of sp³-hybridized carbons (Fsp3) is 0.290. The van der Waals surface area contributed by atoms with Gasteiger partial charge < -0.3 is 20.5 Å². The number of hydrogen-bond donors (Lipinski definition) is 2. The molecule has 3 aromatic rings. The van der Waals surface area contributed by atoms with Gasteiger partial charge in [-0.25, -0.2) is 4.79 Å². The monoisotopic (exact) mass is 498 g/mol. The van der Waals surface area contributed by atoms with Gasteiger partial charge in [0.1, 0.15) is 6.61 Å². The van der Waals surface area contributed by atoms with E-state index in [1.807, 2.05) is 53.4 Å². The third kappa shape index (κ3) is 7.30. The number of benzene rings is 3. The summed E-state index contributed by atoms with van der Waals surface area (Å²) in [5, 5.41) is 8.82. The molecular weight excluding hydrogens is 464 g/mol. The van der Waals surface area contributed by atoms with E-state index in [0.717, 1.165) is 59.3 Å². The first-order valence-electron chi connectivity index (χ1n) is 12.9. The molecule has 1 saturated carbocycles. The maximum atomic E-state index is 13.7. The second-order valence-electron chi connectivity index (χ2n) is 9.40. The lowest BCUT2D eigenvalue weighted by Gasteiger charge is -2.30. The number of rotatable bonds is 9. The highest BCUT2D eigenvalue weighted by molar-refractivity contribution is 5.95. The van der Waals surface area contributed by atoms with Gasteiger partial charge in [-0.1, -0.05) is 67.8 Å². The molecule has 3 N–H and O–H groups in total. The Labute approximate surface area is 218 Å². The number of carbonyl (C=O) groups excluding carboxylic acids is 2. The van der Waals surface area contributed by atoms with Crippen LogP contribution in [0.15, 0.2) is 78.9 Å². The Bertz CT molecular complexity index is 1210. The summed E-state index contributed by atoms with van der Waals surface area (Å²) < 4.78 is 4.89. The summed E-state index contributed by atoms with van der Waals surface area (Å²) >= 11 is 0. The minimum atomic E-state index is -0.518. The normalized spacial score (nSPS) is 14.0. The Balaban J connectivity index is 1.57. The molecule has 0 atom stereocenters. The van der Waals surface area contributed by atoms with E-state index < -0.39 is 5.97 Å². The molecule has 6 nitrogen and oxygen atoms in total. The zero-order valence-electron chi connectivity index (χ0n) is 21.0. The number of hydrogen-bond acceptors (Lipinski definition) is 5. The predicted molar refractivity (Wildman–Crippen MR) is 148 cm³/mol. The van der Waals surface area contributed by atoms with Gasteiger partial charge in [0, 0.05) is 23.4 Å². The predicted octanol–water partition coefficient (Wildman–Crippen LogP) is 5.60. The molecule has 4 rings (SSSR count). The molecular formula is C31H34N2O4. The van der Waals surface area contributed by atoms with Crippen molar-refractivity contribution in [2.24, 2.45) is 5.92 Å². The Kier molecular flexibility index (Phi) is 9.11. The van der Waals surface area contributed by atoms with E-state index >= 15 is 0 Å². The second kappa shape index (κ2) is 12.9. The van der Waals surface area contributed by atoms with E-state index in [9.17, 15) is 9.59 Å². The third-order valence-electron chi connectivity index (χ3n) is 6.69. The summed E-state index contributed by atoms with van der Waals surface area (Å²) in [6, 6.07) is 23.7. The number of nitrogens with zero attached hydrogens (tertiary/aromatic N) is 1. The van der Waals surface area contributed by atoms with Gasteiger partial charge in [0.15, 0.2) is 0 Å². The summed E-state index contributed by atoms with van der Waals surface area (Å²) in [6.45, 7) is 0.210. The van der Waals surface area contributed by atoms with Gasteiger partial charge in [-0.2, -0.15) is 0 Å². The van der Waals surface area contributed by atoms with Gasteiger partial charge in [-0.3, -0.25) is 4.79 Å². The van der Waals surface area contributed by atoms with Gasteiger partial charge in [-0.15, -0.1) is 0 Å². The average Bonchev–Trinajstić information content (AvgIpc) is 2.95. The number of amides is 1. The Hall–Kier alpha value is -3.90. The summed E-state index contributed by atoms with van der Waals surface area (Å²) in [6.07, 6.45) is 8.18. The van der Waals surface area contributed by atoms with Crippen molar-refractivity contribution in [1.29, 1.82) is 0 Å². The quantitative estimate of drug-likeness (QED) is 0.228. The molecule has 1 aliphatic rings. The molecule has 37 heavy (non-hydrogen) atoms. The molecule has 0 radical (unpaired) electrons. The summed E-state index contributed by atoms with van der Waals surface area (Å²) in [7, 11) is 0. The lowest BCUT2D eigenvalue weighted by atomic mass is 9.88. The lowest BCUT2D eigenvalue weighted by molar-refractivity contribution is -0.138. The van der Waals surface area contributed by atoms with E-state index in [4.69, 9.17) is 15.6 Å². The van der Waals surface area contributed by atoms with Gasteiger partial charge >= 0.3 is 5.97 Å². The molecule has 192 valence electrons. The molecule has 0 unspecified atom stereocenters. The second-order valence-corrected chi connectivity index (χ2v) is 9.40. The molecule has 6 heteroatoms. The van der Waals surface area contributed by atoms with Gasteiger partial charge in [0.25, 0.3) is 0 Å². The summed E-state index contributed by atoms with van der Waals surface area (Å²) in [5.41, 5.74) is 11.4. The lowest BCUT2D eigenvalue weighted by Crippen LogP contribution is -2.36. The summed E-state index contributed by atoms with van der Waals surface area (Å²) in [5.74, 6) is -0.350. The first-order chi connectivity index (χ1) is 18.0. The number of ether oxygens (including phenoxy) is 1. The van der Waals surface area contributed by atoms with Gasteiger partial charge in [0.05, 0.1) is 13.2 Å². The number of aliphatic hydroxyl groups is 1. The zero-order valence-corrected chi connectivity index (χ0v) is 21.0. The van der Waals surface area contributed by atoms with Crippen molar-refractivity contribution in [3.8, 4) is 11.1 Å². The maximum Gasteiger partial charge on any atom is 0.330 e. The highest BCUT2D eigenvalue weighted by atomic mass is 16.5. The van der Waals surface area contributed by atoms with E-state index in [-0.39, 0.29) is 25.0 Å². The van der Waals surface area contributed by atoms with Crippen LogP contribution in [0.1, 0.15) is 43.2 Å². The topological polar surface area (TPSA) is 92.9 Å². The standard InChI is InChI=1S/C31H34N2O4/c32-28-16-14-26(15-17-28)25-12-9-24(10-13-25)22-33(31(36)27-6-2-1-3-7-27)29-8-4-5-23(21-29)11-18-30(35)37-20-19-34/h4-5,8-18,21,27,34H,1-3,6-7,19-20,22,32H2/b18-11+. The smallest absolute Gasteiger partial charge is 0.330 e. The Morgan fingerprint density at radius 2 is 1.62 bits per heavy atom. The number of aliphatic hydroxyl groups excluding tert-OH is 1.